The molecule has 0 heterocycles. The molecule has 1 saturated carbocycles. The maximum Gasteiger partial charge on any atom is 0.118 e. The molecule has 2 N–H and O–H groups in total. The second-order valence-electron chi connectivity index (χ2n) is 5.74. The van der Waals surface area contributed by atoms with Crippen LogP contribution in [0.3, 0.4) is 0 Å². The maximum absolute atomic E-state index is 6.25. The van der Waals surface area contributed by atoms with E-state index in [1.807, 2.05) is 12.1 Å². The molecule has 1 aromatic carbocycles. The first-order chi connectivity index (χ1) is 9.78. The lowest BCUT2D eigenvalue weighted by molar-refractivity contribution is 0.414. The lowest BCUT2D eigenvalue weighted by Crippen LogP contribution is -2.25. The van der Waals surface area contributed by atoms with E-state index in [0.29, 0.717) is 6.04 Å². The van der Waals surface area contributed by atoms with Gasteiger partial charge in [-0.15, -0.1) is 0 Å². The summed E-state index contributed by atoms with van der Waals surface area (Å²) in [6, 6.07) is 8.65. The van der Waals surface area contributed by atoms with Crippen LogP contribution in [0.4, 0.5) is 0 Å². The molecule has 0 aliphatic heterocycles. The highest BCUT2D eigenvalue weighted by Gasteiger charge is 2.15. The minimum atomic E-state index is 0.323. The van der Waals surface area contributed by atoms with Crippen molar-refractivity contribution in [1.29, 1.82) is 0 Å². The van der Waals surface area contributed by atoms with Crippen LogP contribution in [0.25, 0.3) is 0 Å². The first-order valence-corrected chi connectivity index (χ1v) is 8.83. The van der Waals surface area contributed by atoms with E-state index < -0.39 is 0 Å². The number of thioether (sulfide) groups is 1. The largest absolute Gasteiger partial charge is 0.497 e. The minimum Gasteiger partial charge on any atom is -0.497 e. The zero-order valence-electron chi connectivity index (χ0n) is 12.5. The van der Waals surface area contributed by atoms with Gasteiger partial charge in [0, 0.05) is 17.0 Å². The molecule has 1 fully saturated rings. The minimum absolute atomic E-state index is 0.323. The third-order valence-electron chi connectivity index (χ3n) is 4.06. The van der Waals surface area contributed by atoms with Crippen LogP contribution in [-0.4, -0.2) is 24.2 Å². The summed E-state index contributed by atoms with van der Waals surface area (Å²) in [5, 5.41) is 0.871. The number of hydrogen-bond acceptors (Lipinski definition) is 3. The van der Waals surface area contributed by atoms with Gasteiger partial charge in [-0.25, -0.2) is 0 Å². The molecule has 0 spiro atoms. The number of benzene rings is 1. The molecular formula is C17H27NOS. The predicted molar refractivity (Wildman–Crippen MR) is 88.6 cm³/mol. The normalized spacial score (nSPS) is 17.9. The average molecular weight is 293 g/mol. The van der Waals surface area contributed by atoms with Crippen molar-refractivity contribution < 1.29 is 4.74 Å². The first-order valence-electron chi connectivity index (χ1n) is 7.78. The molecule has 1 aliphatic carbocycles. The molecule has 20 heavy (non-hydrogen) atoms. The van der Waals surface area contributed by atoms with Crippen LogP contribution in [0.15, 0.2) is 24.3 Å². The van der Waals surface area contributed by atoms with Crippen LogP contribution in [0.2, 0.25) is 0 Å². The average Bonchev–Trinajstić information content (AvgIpc) is 2.52. The molecule has 0 radical (unpaired) electrons. The highest BCUT2D eigenvalue weighted by atomic mass is 32.2. The Balaban J connectivity index is 1.64. The summed E-state index contributed by atoms with van der Waals surface area (Å²) in [6.45, 7) is 0. The van der Waals surface area contributed by atoms with Crippen molar-refractivity contribution >= 4 is 11.8 Å². The molecule has 1 atom stereocenters. The summed E-state index contributed by atoms with van der Waals surface area (Å²) >= 11 is 2.10. The molecule has 1 aromatic rings. The Kier molecular flexibility index (Phi) is 6.74. The Bertz CT molecular complexity index is 373. The quantitative estimate of drug-likeness (QED) is 0.824. The lowest BCUT2D eigenvalue weighted by atomic mass is 10.0. The second kappa shape index (κ2) is 8.58. The number of hydrogen-bond donors (Lipinski definition) is 1. The van der Waals surface area contributed by atoms with Gasteiger partial charge in [-0.2, -0.15) is 11.8 Å². The van der Waals surface area contributed by atoms with Crippen LogP contribution in [0, 0.1) is 0 Å². The molecule has 1 unspecified atom stereocenters. The van der Waals surface area contributed by atoms with Gasteiger partial charge in [0.05, 0.1) is 7.11 Å². The third-order valence-corrected chi connectivity index (χ3v) is 5.62. The van der Waals surface area contributed by atoms with Crippen LogP contribution in [-0.2, 0) is 6.42 Å². The van der Waals surface area contributed by atoms with E-state index in [1.54, 1.807) is 7.11 Å². The SMILES string of the molecule is COc1ccc(CCC(N)CSC2CCCCC2)cc1. The Labute approximate surface area is 127 Å². The molecule has 2 rings (SSSR count). The van der Waals surface area contributed by atoms with Gasteiger partial charge in [-0.05, 0) is 43.4 Å². The van der Waals surface area contributed by atoms with Crippen LogP contribution < -0.4 is 10.5 Å². The molecule has 0 saturated heterocycles. The Morgan fingerprint density at radius 1 is 1.20 bits per heavy atom. The van der Waals surface area contributed by atoms with Crippen molar-refractivity contribution in [3.63, 3.8) is 0 Å². The standard InChI is InChI=1S/C17H27NOS/c1-19-16-11-8-14(9-12-16)7-10-15(18)13-20-17-5-3-2-4-6-17/h8-9,11-12,15,17H,2-7,10,13,18H2,1H3. The van der Waals surface area contributed by atoms with E-state index in [1.165, 1.54) is 37.7 Å². The summed E-state index contributed by atoms with van der Waals surface area (Å²) in [7, 11) is 1.70. The smallest absolute Gasteiger partial charge is 0.118 e. The predicted octanol–water partition coefficient (Wildman–Crippen LogP) is 4.02. The van der Waals surface area contributed by atoms with Crippen LogP contribution in [0.5, 0.6) is 5.75 Å². The zero-order chi connectivity index (χ0) is 14.2. The van der Waals surface area contributed by atoms with Gasteiger partial charge in [0.15, 0.2) is 0 Å². The molecule has 3 heteroatoms. The second-order valence-corrected chi connectivity index (χ2v) is 7.07. The van der Waals surface area contributed by atoms with E-state index in [2.05, 4.69) is 23.9 Å². The van der Waals surface area contributed by atoms with Crippen LogP contribution >= 0.6 is 11.8 Å². The summed E-state index contributed by atoms with van der Waals surface area (Å²) in [5.74, 6) is 2.03. The molecule has 0 aromatic heterocycles. The number of ether oxygens (including phenoxy) is 1. The van der Waals surface area contributed by atoms with Crippen molar-refractivity contribution in [2.45, 2.75) is 56.2 Å². The highest BCUT2D eigenvalue weighted by Crippen LogP contribution is 2.28. The topological polar surface area (TPSA) is 35.2 Å². The van der Waals surface area contributed by atoms with Gasteiger partial charge in [-0.3, -0.25) is 0 Å². The van der Waals surface area contributed by atoms with Crippen molar-refractivity contribution in [3.05, 3.63) is 29.8 Å². The van der Waals surface area contributed by atoms with Gasteiger partial charge in [0.25, 0.3) is 0 Å². The molecule has 112 valence electrons. The summed E-state index contributed by atoms with van der Waals surface area (Å²) < 4.78 is 5.17. The molecule has 0 amide bonds. The highest BCUT2D eigenvalue weighted by molar-refractivity contribution is 7.99. The van der Waals surface area contributed by atoms with Gasteiger partial charge in [0.1, 0.15) is 5.75 Å². The lowest BCUT2D eigenvalue weighted by Gasteiger charge is -2.22. The fraction of sp³-hybridized carbons (Fsp3) is 0.647. The monoisotopic (exact) mass is 293 g/mol. The Morgan fingerprint density at radius 2 is 1.90 bits per heavy atom. The molecular weight excluding hydrogens is 266 g/mol. The zero-order valence-corrected chi connectivity index (χ0v) is 13.3. The Hall–Kier alpha value is -0.670. The molecule has 1 aliphatic rings. The first kappa shape index (κ1) is 15.7. The number of rotatable bonds is 7. The van der Waals surface area contributed by atoms with Crippen molar-refractivity contribution in [2.24, 2.45) is 5.73 Å². The number of aryl methyl sites for hydroxylation is 1. The van der Waals surface area contributed by atoms with Gasteiger partial charge in [0.2, 0.25) is 0 Å². The number of nitrogens with two attached hydrogens (primary N) is 1. The van der Waals surface area contributed by atoms with Crippen LogP contribution in [0.1, 0.15) is 44.1 Å². The maximum atomic E-state index is 6.25. The van der Waals surface area contributed by atoms with Crippen molar-refractivity contribution in [1.82, 2.24) is 0 Å². The van der Waals surface area contributed by atoms with E-state index in [4.69, 9.17) is 10.5 Å². The summed E-state index contributed by atoms with van der Waals surface area (Å²) in [6.07, 6.45) is 9.20. The molecule has 0 bridgehead atoms. The fourth-order valence-electron chi connectivity index (χ4n) is 2.72. The van der Waals surface area contributed by atoms with Gasteiger partial charge >= 0.3 is 0 Å². The summed E-state index contributed by atoms with van der Waals surface area (Å²) in [5.41, 5.74) is 7.60. The third kappa shape index (κ3) is 5.37. The molecule has 2 nitrogen and oxygen atoms in total. The van der Waals surface area contributed by atoms with Crippen molar-refractivity contribution in [2.75, 3.05) is 12.9 Å². The van der Waals surface area contributed by atoms with E-state index in [0.717, 1.165) is 29.6 Å². The van der Waals surface area contributed by atoms with E-state index in [-0.39, 0.29) is 0 Å². The van der Waals surface area contributed by atoms with E-state index in [9.17, 15) is 0 Å². The number of methoxy groups -OCH3 is 1. The van der Waals surface area contributed by atoms with Gasteiger partial charge in [-0.1, -0.05) is 31.4 Å². The van der Waals surface area contributed by atoms with E-state index >= 15 is 0 Å². The van der Waals surface area contributed by atoms with Gasteiger partial charge < -0.3 is 10.5 Å². The van der Waals surface area contributed by atoms with Crippen molar-refractivity contribution in [3.8, 4) is 5.75 Å². The fourth-order valence-corrected chi connectivity index (χ4v) is 4.07. The summed E-state index contributed by atoms with van der Waals surface area (Å²) in [4.78, 5) is 0. The Morgan fingerprint density at radius 3 is 2.55 bits per heavy atom.